The summed E-state index contributed by atoms with van der Waals surface area (Å²) in [6.07, 6.45) is 0.487. The van der Waals surface area contributed by atoms with E-state index in [9.17, 15) is 23.9 Å². The molecule has 0 aliphatic rings. The summed E-state index contributed by atoms with van der Waals surface area (Å²) in [5, 5.41) is 13.5. The number of primary amides is 1. The molecule has 0 heterocycles. The lowest BCUT2D eigenvalue weighted by Gasteiger charge is -2.37. The minimum Gasteiger partial charge on any atom is -0.508 e. The number of aromatic hydroxyl groups is 1. The summed E-state index contributed by atoms with van der Waals surface area (Å²) < 4.78 is 13.4. The number of nitrogens with two attached hydrogens (primary N) is 1. The summed E-state index contributed by atoms with van der Waals surface area (Å²) >= 11 is 0. The SMILES string of the molecule is CCNC(Cc1ccc(F)cc1)C(=O)N(C)C(C(=O)N(C)C(Cc1ccc(O)c(C(C)(C)C)c1)C(N)=O)C(C)C. The van der Waals surface area contributed by atoms with Gasteiger partial charge >= 0.3 is 0 Å². The zero-order valence-corrected chi connectivity index (χ0v) is 25.0. The van der Waals surface area contributed by atoms with Crippen LogP contribution in [0.4, 0.5) is 4.39 Å². The average molecular weight is 557 g/mol. The number of rotatable bonds is 12. The summed E-state index contributed by atoms with van der Waals surface area (Å²) in [5.74, 6) is -1.80. The predicted octanol–water partition coefficient (Wildman–Crippen LogP) is 3.39. The van der Waals surface area contributed by atoms with Gasteiger partial charge in [0.1, 0.15) is 23.7 Å². The summed E-state index contributed by atoms with van der Waals surface area (Å²) in [7, 11) is 3.11. The third-order valence-electron chi connectivity index (χ3n) is 7.19. The van der Waals surface area contributed by atoms with Crippen molar-refractivity contribution in [2.24, 2.45) is 11.7 Å². The maximum atomic E-state index is 13.8. The van der Waals surface area contributed by atoms with E-state index in [1.165, 1.54) is 29.0 Å². The molecular formula is C31H45FN4O4. The van der Waals surface area contributed by atoms with E-state index >= 15 is 0 Å². The number of carbonyl (C=O) groups is 3. The van der Waals surface area contributed by atoms with Crippen molar-refractivity contribution in [2.75, 3.05) is 20.6 Å². The predicted molar refractivity (Wildman–Crippen MR) is 155 cm³/mol. The summed E-state index contributed by atoms with van der Waals surface area (Å²) in [6.45, 7) is 12.0. The van der Waals surface area contributed by atoms with Crippen LogP contribution >= 0.6 is 0 Å². The smallest absolute Gasteiger partial charge is 0.246 e. The highest BCUT2D eigenvalue weighted by atomic mass is 19.1. The molecule has 220 valence electrons. The van der Waals surface area contributed by atoms with Crippen LogP contribution in [0.15, 0.2) is 42.5 Å². The van der Waals surface area contributed by atoms with Gasteiger partial charge in [-0.15, -0.1) is 0 Å². The standard InChI is InChI=1S/C31H45FN4O4/c1-9-34-24(17-20-10-13-22(32)14-11-20)29(39)36(8)27(19(2)3)30(40)35(7)25(28(33)38)18-21-12-15-26(37)23(16-21)31(4,5)6/h10-16,19,24-25,27,34,37H,9,17-18H2,1-8H3,(H2,33,38). The van der Waals surface area contributed by atoms with Crippen molar-refractivity contribution in [2.45, 2.75) is 77.9 Å². The van der Waals surface area contributed by atoms with Gasteiger partial charge in [-0.3, -0.25) is 14.4 Å². The number of carbonyl (C=O) groups excluding carboxylic acids is 3. The maximum absolute atomic E-state index is 13.8. The van der Waals surface area contributed by atoms with Gasteiger partial charge in [0.25, 0.3) is 0 Å². The number of nitrogens with zero attached hydrogens (tertiary/aromatic N) is 2. The molecule has 3 amide bonds. The summed E-state index contributed by atoms with van der Waals surface area (Å²) in [4.78, 5) is 42.8. The largest absolute Gasteiger partial charge is 0.508 e. The maximum Gasteiger partial charge on any atom is 0.246 e. The molecule has 0 fully saturated rings. The van der Waals surface area contributed by atoms with E-state index in [2.05, 4.69) is 5.32 Å². The molecule has 2 aromatic carbocycles. The number of benzene rings is 2. The third-order valence-corrected chi connectivity index (χ3v) is 7.19. The van der Waals surface area contributed by atoms with Gasteiger partial charge in [-0.2, -0.15) is 0 Å². The van der Waals surface area contributed by atoms with Crippen molar-refractivity contribution < 1.29 is 23.9 Å². The molecule has 2 rings (SSSR count). The Bertz CT molecular complexity index is 1180. The van der Waals surface area contributed by atoms with Crippen LogP contribution < -0.4 is 11.1 Å². The topological polar surface area (TPSA) is 116 Å². The number of hydrogen-bond donors (Lipinski definition) is 3. The Labute approximate surface area is 237 Å². The molecule has 9 heteroatoms. The van der Waals surface area contributed by atoms with Crippen LogP contribution in [-0.4, -0.2) is 71.4 Å². The van der Waals surface area contributed by atoms with Gasteiger partial charge in [-0.1, -0.05) is 65.8 Å². The number of hydrogen-bond acceptors (Lipinski definition) is 5. The van der Waals surface area contributed by atoms with E-state index in [4.69, 9.17) is 5.73 Å². The van der Waals surface area contributed by atoms with E-state index in [0.29, 0.717) is 13.0 Å². The zero-order chi connectivity index (χ0) is 30.4. The minimum atomic E-state index is -0.960. The molecule has 0 radical (unpaired) electrons. The zero-order valence-electron chi connectivity index (χ0n) is 25.0. The number of likely N-dealkylation sites (N-methyl/N-ethyl adjacent to an activating group) is 3. The molecule has 0 spiro atoms. The summed E-state index contributed by atoms with van der Waals surface area (Å²) in [5.41, 5.74) is 7.71. The van der Waals surface area contributed by atoms with Gasteiger partial charge in [-0.25, -0.2) is 4.39 Å². The second-order valence-electron chi connectivity index (χ2n) is 11.8. The van der Waals surface area contributed by atoms with Gasteiger partial charge in [0.2, 0.25) is 17.7 Å². The Balaban J connectivity index is 2.31. The van der Waals surface area contributed by atoms with Crippen LogP contribution in [0.25, 0.3) is 0 Å². The van der Waals surface area contributed by atoms with Crippen molar-refractivity contribution in [3.63, 3.8) is 0 Å². The molecule has 3 atom stereocenters. The normalized spacial score (nSPS) is 13.9. The first-order chi connectivity index (χ1) is 18.6. The lowest BCUT2D eigenvalue weighted by atomic mass is 9.84. The van der Waals surface area contributed by atoms with E-state index in [1.54, 1.807) is 31.3 Å². The van der Waals surface area contributed by atoms with Crippen molar-refractivity contribution in [3.05, 3.63) is 65.0 Å². The van der Waals surface area contributed by atoms with Crippen LogP contribution in [0.1, 0.15) is 58.2 Å². The van der Waals surface area contributed by atoms with Crippen LogP contribution in [-0.2, 0) is 32.6 Å². The molecule has 3 unspecified atom stereocenters. The molecule has 0 aliphatic heterocycles. The Morgan fingerprint density at radius 3 is 2.02 bits per heavy atom. The highest BCUT2D eigenvalue weighted by Crippen LogP contribution is 2.31. The molecule has 0 bridgehead atoms. The first kappa shape index (κ1) is 32.8. The highest BCUT2D eigenvalue weighted by molar-refractivity contribution is 5.93. The van der Waals surface area contributed by atoms with Gasteiger partial charge < -0.3 is 26.0 Å². The van der Waals surface area contributed by atoms with Gasteiger partial charge in [0.15, 0.2) is 0 Å². The monoisotopic (exact) mass is 556 g/mol. The van der Waals surface area contributed by atoms with E-state index in [1.807, 2.05) is 47.6 Å². The Hall–Kier alpha value is -3.46. The minimum absolute atomic E-state index is 0.159. The Kier molecular flexibility index (Phi) is 11.3. The first-order valence-corrected chi connectivity index (χ1v) is 13.7. The van der Waals surface area contributed by atoms with Gasteiger partial charge in [-0.05, 0) is 59.2 Å². The van der Waals surface area contributed by atoms with E-state index < -0.39 is 29.9 Å². The van der Waals surface area contributed by atoms with Crippen LogP contribution in [0, 0.1) is 11.7 Å². The molecule has 40 heavy (non-hydrogen) atoms. The lowest BCUT2D eigenvalue weighted by Crippen LogP contribution is -2.58. The number of phenols is 1. The third kappa shape index (κ3) is 8.27. The second-order valence-corrected chi connectivity index (χ2v) is 11.8. The van der Waals surface area contributed by atoms with Crippen molar-refractivity contribution in [3.8, 4) is 5.75 Å². The Morgan fingerprint density at radius 2 is 1.52 bits per heavy atom. The lowest BCUT2D eigenvalue weighted by molar-refractivity contribution is -0.149. The quantitative estimate of drug-likeness (QED) is 0.371. The molecule has 0 saturated heterocycles. The first-order valence-electron chi connectivity index (χ1n) is 13.7. The molecule has 0 aromatic heterocycles. The van der Waals surface area contributed by atoms with Gasteiger partial charge in [0.05, 0.1) is 6.04 Å². The van der Waals surface area contributed by atoms with Crippen LogP contribution in [0.3, 0.4) is 0 Å². The van der Waals surface area contributed by atoms with Crippen LogP contribution in [0.2, 0.25) is 0 Å². The fraction of sp³-hybridized carbons (Fsp3) is 0.516. The molecule has 0 saturated carbocycles. The second kappa shape index (κ2) is 13.7. The van der Waals surface area contributed by atoms with Crippen molar-refractivity contribution >= 4 is 17.7 Å². The molecule has 2 aromatic rings. The van der Waals surface area contributed by atoms with Crippen LogP contribution in [0.5, 0.6) is 5.75 Å². The average Bonchev–Trinajstić information content (AvgIpc) is 2.87. The fourth-order valence-electron chi connectivity index (χ4n) is 4.96. The Morgan fingerprint density at radius 1 is 0.950 bits per heavy atom. The van der Waals surface area contributed by atoms with Gasteiger partial charge in [0, 0.05) is 20.5 Å². The van der Waals surface area contributed by atoms with Crippen molar-refractivity contribution in [1.29, 1.82) is 0 Å². The highest BCUT2D eigenvalue weighted by Gasteiger charge is 2.38. The molecule has 0 aliphatic carbocycles. The molecule has 8 nitrogen and oxygen atoms in total. The number of halogens is 1. The van der Waals surface area contributed by atoms with E-state index in [-0.39, 0.29) is 35.2 Å². The summed E-state index contributed by atoms with van der Waals surface area (Å²) in [6, 6.07) is 8.67. The molecule has 4 N–H and O–H groups in total. The van der Waals surface area contributed by atoms with Crippen molar-refractivity contribution in [1.82, 2.24) is 15.1 Å². The number of phenolic OH excluding ortho intramolecular Hbond substituents is 1. The fourth-order valence-corrected chi connectivity index (χ4v) is 4.96. The van der Waals surface area contributed by atoms with E-state index in [0.717, 1.165) is 16.7 Å². The number of nitrogens with one attached hydrogen (secondary N) is 1. The number of amides is 3. The molecular weight excluding hydrogens is 511 g/mol.